The van der Waals surface area contributed by atoms with Gasteiger partial charge in [0, 0.05) is 19.1 Å². The third kappa shape index (κ3) is 2.71. The second kappa shape index (κ2) is 4.03. The largest absolute Gasteiger partial charge is 0.304 e. The van der Waals surface area contributed by atoms with Gasteiger partial charge in [-0.15, -0.1) is 0 Å². The lowest BCUT2D eigenvalue weighted by Crippen LogP contribution is -2.59. The fourth-order valence-electron chi connectivity index (χ4n) is 1.82. The molecule has 0 atom stereocenters. The van der Waals surface area contributed by atoms with Crippen LogP contribution < -0.4 is 0 Å². The zero-order chi connectivity index (χ0) is 11.1. The lowest BCUT2D eigenvalue weighted by atomic mass is 10.2. The van der Waals surface area contributed by atoms with Gasteiger partial charge in [-0.3, -0.25) is 0 Å². The van der Waals surface area contributed by atoms with Crippen LogP contribution in [0.3, 0.4) is 0 Å². The summed E-state index contributed by atoms with van der Waals surface area (Å²) in [5.74, 6) is 1.06. The topological polar surface area (TPSA) is 40.6 Å². The first-order valence-electron chi connectivity index (χ1n) is 5.63. The van der Waals surface area contributed by atoms with Gasteiger partial charge in [0.2, 0.25) is 10.0 Å². The Hall–Kier alpha value is -0.130. The Morgan fingerprint density at radius 2 is 1.87 bits per heavy atom. The summed E-state index contributed by atoms with van der Waals surface area (Å²) >= 11 is 0. The molecule has 0 bridgehead atoms. The average Bonchev–Trinajstić information content (AvgIpc) is 2.78. The fraction of sp³-hybridized carbons (Fsp3) is 1.00. The molecule has 2 rings (SSSR count). The Bertz CT molecular complexity index is 316. The number of hydrogen-bond acceptors (Lipinski definition) is 3. The summed E-state index contributed by atoms with van der Waals surface area (Å²) in [6.45, 7) is 1.36. The van der Waals surface area contributed by atoms with Gasteiger partial charge in [0.25, 0.3) is 0 Å². The molecule has 88 valence electrons. The van der Waals surface area contributed by atoms with E-state index in [1.54, 1.807) is 4.31 Å². The van der Waals surface area contributed by atoms with Crippen LogP contribution in [-0.4, -0.2) is 56.6 Å². The van der Waals surface area contributed by atoms with Crippen LogP contribution in [-0.2, 0) is 10.0 Å². The zero-order valence-corrected chi connectivity index (χ0v) is 10.3. The second-order valence-electron chi connectivity index (χ2n) is 4.98. The van der Waals surface area contributed by atoms with E-state index in [0.717, 1.165) is 6.42 Å². The van der Waals surface area contributed by atoms with Gasteiger partial charge in [0.15, 0.2) is 0 Å². The van der Waals surface area contributed by atoms with Gasteiger partial charge in [-0.05, 0) is 26.4 Å². The maximum atomic E-state index is 11.8. The summed E-state index contributed by atoms with van der Waals surface area (Å²) in [4.78, 5) is 2.09. The summed E-state index contributed by atoms with van der Waals surface area (Å²) in [6.07, 6.45) is 3.33. The maximum Gasteiger partial charge on any atom is 0.214 e. The molecule has 5 heteroatoms. The molecule has 0 unspecified atom stereocenters. The van der Waals surface area contributed by atoms with E-state index in [4.69, 9.17) is 0 Å². The Morgan fingerprint density at radius 3 is 2.33 bits per heavy atom. The average molecular weight is 232 g/mol. The van der Waals surface area contributed by atoms with Crippen LogP contribution in [0.25, 0.3) is 0 Å². The van der Waals surface area contributed by atoms with Gasteiger partial charge in [-0.2, -0.15) is 4.31 Å². The summed E-state index contributed by atoms with van der Waals surface area (Å²) in [7, 11) is 1.06. The Morgan fingerprint density at radius 1 is 1.27 bits per heavy atom. The minimum absolute atomic E-state index is 0.359. The number of nitrogens with zero attached hydrogens (tertiary/aromatic N) is 2. The van der Waals surface area contributed by atoms with Crippen molar-refractivity contribution in [2.75, 3.05) is 32.9 Å². The van der Waals surface area contributed by atoms with Crippen molar-refractivity contribution in [1.29, 1.82) is 0 Å². The van der Waals surface area contributed by atoms with Gasteiger partial charge in [-0.25, -0.2) is 8.42 Å². The highest BCUT2D eigenvalue weighted by Crippen LogP contribution is 2.33. The second-order valence-corrected chi connectivity index (χ2v) is 7.07. The molecule has 1 heterocycles. The highest BCUT2D eigenvalue weighted by molar-refractivity contribution is 7.89. The van der Waals surface area contributed by atoms with Crippen LogP contribution in [0.15, 0.2) is 0 Å². The van der Waals surface area contributed by atoms with Gasteiger partial charge >= 0.3 is 0 Å². The van der Waals surface area contributed by atoms with E-state index in [0.29, 0.717) is 30.8 Å². The van der Waals surface area contributed by atoms with Crippen LogP contribution in [0.2, 0.25) is 0 Å². The van der Waals surface area contributed by atoms with Gasteiger partial charge in [0.1, 0.15) is 0 Å². The first kappa shape index (κ1) is 11.4. The monoisotopic (exact) mass is 232 g/mol. The van der Waals surface area contributed by atoms with E-state index in [1.165, 1.54) is 12.8 Å². The van der Waals surface area contributed by atoms with Gasteiger partial charge < -0.3 is 4.90 Å². The standard InChI is InChI=1S/C10H20N2O2S/c1-11(2)10-7-12(8-10)15(13,14)6-5-9-3-4-9/h9-10H,3-8H2,1-2H3. The third-order valence-corrected chi connectivity index (χ3v) is 5.27. The molecule has 15 heavy (non-hydrogen) atoms. The number of sulfonamides is 1. The lowest BCUT2D eigenvalue weighted by Gasteiger charge is -2.41. The van der Waals surface area contributed by atoms with Crippen molar-refractivity contribution in [3.63, 3.8) is 0 Å². The van der Waals surface area contributed by atoms with E-state index in [2.05, 4.69) is 4.90 Å². The van der Waals surface area contributed by atoms with Crippen molar-refractivity contribution in [3.8, 4) is 0 Å². The summed E-state index contributed by atoms with van der Waals surface area (Å²) in [6, 6.07) is 0.417. The molecule has 4 nitrogen and oxygen atoms in total. The van der Waals surface area contributed by atoms with E-state index in [1.807, 2.05) is 14.1 Å². The predicted octanol–water partition coefficient (Wildman–Crippen LogP) is 0.362. The van der Waals surface area contributed by atoms with E-state index in [-0.39, 0.29) is 0 Å². The van der Waals surface area contributed by atoms with E-state index < -0.39 is 10.0 Å². The molecule has 0 aromatic carbocycles. The van der Waals surface area contributed by atoms with Crippen molar-refractivity contribution in [2.24, 2.45) is 5.92 Å². The van der Waals surface area contributed by atoms with E-state index >= 15 is 0 Å². The first-order chi connectivity index (χ1) is 6.99. The van der Waals surface area contributed by atoms with Crippen molar-refractivity contribution in [2.45, 2.75) is 25.3 Å². The van der Waals surface area contributed by atoms with Crippen LogP contribution in [0.4, 0.5) is 0 Å². The van der Waals surface area contributed by atoms with Crippen LogP contribution in [0, 0.1) is 5.92 Å². The summed E-state index contributed by atoms with van der Waals surface area (Å²) in [5.41, 5.74) is 0. The molecular weight excluding hydrogens is 212 g/mol. The minimum atomic E-state index is -2.94. The zero-order valence-electron chi connectivity index (χ0n) is 9.52. The molecule has 1 aliphatic heterocycles. The molecule has 2 aliphatic rings. The fourth-order valence-corrected chi connectivity index (χ4v) is 3.51. The lowest BCUT2D eigenvalue weighted by molar-refractivity contribution is 0.134. The summed E-state index contributed by atoms with van der Waals surface area (Å²) < 4.78 is 25.3. The molecule has 1 saturated heterocycles. The molecular formula is C10H20N2O2S. The van der Waals surface area contributed by atoms with Gasteiger partial charge in [-0.1, -0.05) is 12.8 Å². The number of hydrogen-bond donors (Lipinski definition) is 0. The van der Waals surface area contributed by atoms with E-state index in [9.17, 15) is 8.42 Å². The predicted molar refractivity (Wildman–Crippen MR) is 60.2 cm³/mol. The van der Waals surface area contributed by atoms with Crippen molar-refractivity contribution >= 4 is 10.0 Å². The van der Waals surface area contributed by atoms with Crippen LogP contribution in [0.1, 0.15) is 19.3 Å². The van der Waals surface area contributed by atoms with Crippen molar-refractivity contribution in [3.05, 3.63) is 0 Å². The molecule has 0 N–H and O–H groups in total. The minimum Gasteiger partial charge on any atom is -0.304 e. The molecule has 0 spiro atoms. The quantitative estimate of drug-likeness (QED) is 0.687. The molecule has 0 radical (unpaired) electrons. The van der Waals surface area contributed by atoms with Crippen molar-refractivity contribution in [1.82, 2.24) is 9.21 Å². The third-order valence-electron chi connectivity index (χ3n) is 3.43. The molecule has 1 aliphatic carbocycles. The summed E-state index contributed by atoms with van der Waals surface area (Å²) in [5, 5.41) is 0. The molecule has 0 amide bonds. The SMILES string of the molecule is CN(C)C1CN(S(=O)(=O)CCC2CC2)C1. The van der Waals surface area contributed by atoms with Gasteiger partial charge in [0.05, 0.1) is 5.75 Å². The highest BCUT2D eigenvalue weighted by atomic mass is 32.2. The smallest absolute Gasteiger partial charge is 0.214 e. The molecule has 1 saturated carbocycles. The number of rotatable bonds is 5. The Kier molecular flexibility index (Phi) is 3.05. The van der Waals surface area contributed by atoms with Crippen LogP contribution in [0.5, 0.6) is 0 Å². The first-order valence-corrected chi connectivity index (χ1v) is 7.24. The Balaban J connectivity index is 1.77. The molecule has 0 aromatic heterocycles. The van der Waals surface area contributed by atoms with Crippen molar-refractivity contribution < 1.29 is 8.42 Å². The number of likely N-dealkylation sites (N-methyl/N-ethyl adjacent to an activating group) is 1. The Labute approximate surface area is 92.3 Å². The molecule has 2 fully saturated rings. The highest BCUT2D eigenvalue weighted by Gasteiger charge is 2.37. The molecule has 0 aromatic rings. The normalized spacial score (nSPS) is 24.5. The maximum absolute atomic E-state index is 11.8. The van der Waals surface area contributed by atoms with Crippen LogP contribution >= 0.6 is 0 Å².